The average molecular weight is 323 g/mol. The maximum Gasteiger partial charge on any atom is 0.261 e. The third kappa shape index (κ3) is 3.77. The topological polar surface area (TPSA) is 95.5 Å². The van der Waals surface area contributed by atoms with Crippen LogP contribution in [0.25, 0.3) is 0 Å². The van der Waals surface area contributed by atoms with Gasteiger partial charge in [-0.05, 0) is 31.2 Å². The van der Waals surface area contributed by atoms with Gasteiger partial charge in [-0.15, -0.1) is 0 Å². The Balaban J connectivity index is 2.89. The molecule has 0 saturated heterocycles. The molecule has 0 radical (unpaired) electrons. The highest BCUT2D eigenvalue weighted by Crippen LogP contribution is 2.14. The van der Waals surface area contributed by atoms with Crippen LogP contribution < -0.4 is 10.2 Å². The molecule has 0 spiro atoms. The van der Waals surface area contributed by atoms with Gasteiger partial charge in [0.15, 0.2) is 0 Å². The molecule has 6 nitrogen and oxygen atoms in total. The average Bonchev–Trinajstić information content (AvgIpc) is 2.27. The molecule has 3 N–H and O–H groups in total. The number of rotatable bonds is 4. The fourth-order valence-electron chi connectivity index (χ4n) is 1.06. The Morgan fingerprint density at radius 2 is 1.88 bits per heavy atom. The summed E-state index contributed by atoms with van der Waals surface area (Å²) >= 11 is 3.19. The molecule has 1 aromatic rings. The minimum atomic E-state index is -3.77. The van der Waals surface area contributed by atoms with Crippen molar-refractivity contribution >= 4 is 31.9 Å². The van der Waals surface area contributed by atoms with E-state index in [1.165, 1.54) is 24.5 Å². The highest BCUT2D eigenvalue weighted by Gasteiger charge is 2.21. The van der Waals surface area contributed by atoms with Gasteiger partial charge in [0.2, 0.25) is 10.0 Å². The van der Waals surface area contributed by atoms with Crippen LogP contribution in [-0.2, 0) is 14.8 Å². The number of nitrogens with one attached hydrogen (secondary N) is 2. The summed E-state index contributed by atoms with van der Waals surface area (Å²) < 4.78 is 26.4. The predicted molar refractivity (Wildman–Crippen MR) is 63.9 cm³/mol. The van der Waals surface area contributed by atoms with Gasteiger partial charge in [-0.1, -0.05) is 15.9 Å². The Morgan fingerprint density at radius 3 is 2.35 bits per heavy atom. The molecule has 8 heteroatoms. The first-order valence-corrected chi connectivity index (χ1v) is 6.86. The van der Waals surface area contributed by atoms with Gasteiger partial charge in [0.1, 0.15) is 6.04 Å². The highest BCUT2D eigenvalue weighted by molar-refractivity contribution is 9.10. The summed E-state index contributed by atoms with van der Waals surface area (Å²) in [5.74, 6) is -0.828. The zero-order chi connectivity index (χ0) is 13.1. The number of carbonyl (C=O) groups excluding carboxylic acids is 1. The second-order valence-electron chi connectivity index (χ2n) is 3.27. The van der Waals surface area contributed by atoms with E-state index in [-0.39, 0.29) is 4.90 Å². The van der Waals surface area contributed by atoms with E-state index < -0.39 is 22.0 Å². The number of carbonyl (C=O) groups is 1. The molecule has 0 aliphatic carbocycles. The number of hydrogen-bond donors (Lipinski definition) is 3. The van der Waals surface area contributed by atoms with E-state index in [0.717, 1.165) is 4.47 Å². The van der Waals surface area contributed by atoms with E-state index in [9.17, 15) is 13.2 Å². The summed E-state index contributed by atoms with van der Waals surface area (Å²) in [6.45, 7) is 1.32. The van der Waals surface area contributed by atoms with E-state index in [2.05, 4.69) is 20.7 Å². The van der Waals surface area contributed by atoms with Crippen LogP contribution in [0.3, 0.4) is 0 Å². The Morgan fingerprint density at radius 1 is 1.35 bits per heavy atom. The second-order valence-corrected chi connectivity index (χ2v) is 5.90. The van der Waals surface area contributed by atoms with Crippen LogP contribution in [0.4, 0.5) is 0 Å². The molecule has 1 aromatic carbocycles. The van der Waals surface area contributed by atoms with Crippen molar-refractivity contribution in [2.75, 3.05) is 0 Å². The van der Waals surface area contributed by atoms with Crippen LogP contribution >= 0.6 is 15.9 Å². The summed E-state index contributed by atoms with van der Waals surface area (Å²) in [6.07, 6.45) is 0. The third-order valence-electron chi connectivity index (χ3n) is 1.96. The molecule has 0 aliphatic heterocycles. The molecular weight excluding hydrogens is 312 g/mol. The molecule has 17 heavy (non-hydrogen) atoms. The zero-order valence-electron chi connectivity index (χ0n) is 8.84. The first-order valence-electron chi connectivity index (χ1n) is 4.58. The predicted octanol–water partition coefficient (Wildman–Crippen LogP) is 0.621. The number of hydrogen-bond acceptors (Lipinski definition) is 4. The van der Waals surface area contributed by atoms with E-state index in [0.29, 0.717) is 0 Å². The van der Waals surface area contributed by atoms with Crippen molar-refractivity contribution in [2.24, 2.45) is 0 Å². The van der Waals surface area contributed by atoms with Crippen molar-refractivity contribution in [3.05, 3.63) is 28.7 Å². The Kier molecular flexibility index (Phi) is 4.63. The van der Waals surface area contributed by atoms with Gasteiger partial charge in [-0.2, -0.15) is 4.72 Å². The monoisotopic (exact) mass is 322 g/mol. The quantitative estimate of drug-likeness (QED) is 0.559. The van der Waals surface area contributed by atoms with Crippen molar-refractivity contribution in [3.8, 4) is 0 Å². The molecule has 0 saturated carbocycles. The molecule has 0 bridgehead atoms. The maximum absolute atomic E-state index is 11.8. The van der Waals surface area contributed by atoms with Crippen LogP contribution in [0.2, 0.25) is 0 Å². The van der Waals surface area contributed by atoms with Gasteiger partial charge in [-0.3, -0.25) is 10.0 Å². The van der Waals surface area contributed by atoms with Crippen molar-refractivity contribution in [2.45, 2.75) is 17.9 Å². The summed E-state index contributed by atoms with van der Waals surface area (Å²) in [6, 6.07) is 4.89. The lowest BCUT2D eigenvalue weighted by molar-refractivity contribution is -0.130. The minimum absolute atomic E-state index is 0.0401. The SMILES string of the molecule is C[C@@H](NS(=O)(=O)c1ccc(Br)cc1)C(=O)NO. The van der Waals surface area contributed by atoms with Crippen LogP contribution in [-0.4, -0.2) is 25.6 Å². The van der Waals surface area contributed by atoms with Crippen molar-refractivity contribution < 1.29 is 18.4 Å². The van der Waals surface area contributed by atoms with Gasteiger partial charge in [0.25, 0.3) is 5.91 Å². The molecule has 0 fully saturated rings. The molecule has 0 heterocycles. The summed E-state index contributed by atoms with van der Waals surface area (Å²) in [7, 11) is -3.77. The largest absolute Gasteiger partial charge is 0.289 e. The summed E-state index contributed by atoms with van der Waals surface area (Å²) in [5, 5.41) is 8.37. The molecule has 0 aliphatic rings. The van der Waals surface area contributed by atoms with Gasteiger partial charge < -0.3 is 0 Å². The number of benzene rings is 1. The Hall–Kier alpha value is -0.960. The Labute approximate surface area is 107 Å². The molecule has 1 amide bonds. The smallest absolute Gasteiger partial charge is 0.261 e. The molecule has 1 rings (SSSR count). The summed E-state index contributed by atoms with van der Waals surface area (Å²) in [5.41, 5.74) is 1.37. The lowest BCUT2D eigenvalue weighted by atomic mass is 10.4. The van der Waals surface area contributed by atoms with Gasteiger partial charge in [-0.25, -0.2) is 13.9 Å². The first-order chi connectivity index (χ1) is 7.86. The van der Waals surface area contributed by atoms with E-state index in [1.54, 1.807) is 12.1 Å². The van der Waals surface area contributed by atoms with Crippen molar-refractivity contribution in [1.29, 1.82) is 0 Å². The zero-order valence-corrected chi connectivity index (χ0v) is 11.2. The van der Waals surface area contributed by atoms with Crippen LogP contribution in [0, 0.1) is 0 Å². The van der Waals surface area contributed by atoms with Crippen molar-refractivity contribution in [1.82, 2.24) is 10.2 Å². The normalized spacial score (nSPS) is 13.1. The lowest BCUT2D eigenvalue weighted by Gasteiger charge is -2.12. The highest BCUT2D eigenvalue weighted by atomic mass is 79.9. The maximum atomic E-state index is 11.8. The number of hydroxylamine groups is 1. The number of sulfonamides is 1. The van der Waals surface area contributed by atoms with E-state index in [4.69, 9.17) is 5.21 Å². The fraction of sp³-hybridized carbons (Fsp3) is 0.222. The number of halogens is 1. The molecular formula is C9H11BrN2O4S. The molecule has 0 aromatic heterocycles. The van der Waals surface area contributed by atoms with Crippen LogP contribution in [0.5, 0.6) is 0 Å². The summed E-state index contributed by atoms with van der Waals surface area (Å²) in [4.78, 5) is 11.0. The van der Waals surface area contributed by atoms with Crippen LogP contribution in [0.15, 0.2) is 33.6 Å². The first kappa shape index (κ1) is 14.1. The molecule has 0 unspecified atom stereocenters. The van der Waals surface area contributed by atoms with Crippen molar-refractivity contribution in [3.63, 3.8) is 0 Å². The lowest BCUT2D eigenvalue weighted by Crippen LogP contribution is -2.43. The number of amides is 1. The fourth-order valence-corrected chi connectivity index (χ4v) is 2.53. The molecule has 1 atom stereocenters. The van der Waals surface area contributed by atoms with Crippen LogP contribution in [0.1, 0.15) is 6.92 Å². The van der Waals surface area contributed by atoms with Gasteiger partial charge >= 0.3 is 0 Å². The standard InChI is InChI=1S/C9H11BrN2O4S/c1-6(9(13)11-14)12-17(15,16)8-4-2-7(10)3-5-8/h2-6,12,14H,1H3,(H,11,13)/t6-/m1/s1. The molecule has 94 valence electrons. The minimum Gasteiger partial charge on any atom is -0.289 e. The van der Waals surface area contributed by atoms with E-state index >= 15 is 0 Å². The Bertz CT molecular complexity index is 500. The van der Waals surface area contributed by atoms with Gasteiger partial charge in [0.05, 0.1) is 4.90 Å². The third-order valence-corrected chi connectivity index (χ3v) is 4.04. The van der Waals surface area contributed by atoms with E-state index in [1.807, 2.05) is 0 Å². The second kappa shape index (κ2) is 5.58. The van der Waals surface area contributed by atoms with Gasteiger partial charge in [0, 0.05) is 4.47 Å².